The summed E-state index contributed by atoms with van der Waals surface area (Å²) < 4.78 is 56.0. The first-order chi connectivity index (χ1) is 4.31. The summed E-state index contributed by atoms with van der Waals surface area (Å²) >= 11 is 0. The average Bonchev–Trinajstić information content (AvgIpc) is 1.61. The molecule has 0 spiro atoms. The van der Waals surface area contributed by atoms with Crippen LogP contribution < -0.4 is 0 Å². The van der Waals surface area contributed by atoms with E-state index in [2.05, 4.69) is 10.4 Å². The van der Waals surface area contributed by atoms with Crippen molar-refractivity contribution in [2.24, 2.45) is 4.15 Å². The van der Waals surface area contributed by atoms with E-state index in [1.807, 2.05) is 0 Å². The monoisotopic (exact) mass is 192 g/mol. The molecule has 0 aliphatic carbocycles. The summed E-state index contributed by atoms with van der Waals surface area (Å²) in [5, 5.41) is 0. The van der Waals surface area contributed by atoms with Gasteiger partial charge in [0.25, 0.3) is 0 Å². The van der Waals surface area contributed by atoms with E-state index in [9.17, 15) is 21.6 Å². The van der Waals surface area contributed by atoms with E-state index in [0.717, 1.165) is 0 Å². The second-order valence-corrected chi connectivity index (χ2v) is 3.49. The molecule has 0 saturated carbocycles. The summed E-state index contributed by atoms with van der Waals surface area (Å²) in [6, 6.07) is 0. The van der Waals surface area contributed by atoms with E-state index in [0.29, 0.717) is 0 Å². The SMILES string of the molecule is C=[P+]=NS(=O)(=O)C(F)(F)F. The van der Waals surface area contributed by atoms with Gasteiger partial charge in [-0.1, -0.05) is 0 Å². The second kappa shape index (κ2) is 2.84. The molecular formula is C2H2F3NO2PS+. The van der Waals surface area contributed by atoms with Crippen molar-refractivity contribution in [3.05, 3.63) is 0 Å². The van der Waals surface area contributed by atoms with Gasteiger partial charge in [-0.2, -0.15) is 0 Å². The molecule has 0 bridgehead atoms. The molecule has 8 heteroatoms. The zero-order chi connectivity index (χ0) is 8.41. The van der Waals surface area contributed by atoms with Crippen LogP contribution in [0.15, 0.2) is 4.15 Å². The Labute approximate surface area is 56.4 Å². The summed E-state index contributed by atoms with van der Waals surface area (Å²) in [5.41, 5.74) is -5.29. The van der Waals surface area contributed by atoms with Crippen LogP contribution >= 0.6 is 8.00 Å². The molecule has 0 fully saturated rings. The quantitative estimate of drug-likeness (QED) is 0.589. The van der Waals surface area contributed by atoms with Gasteiger partial charge in [0.15, 0.2) is 0 Å². The Balaban J connectivity index is 4.97. The molecule has 10 heavy (non-hydrogen) atoms. The van der Waals surface area contributed by atoms with E-state index < -0.39 is 23.5 Å². The van der Waals surface area contributed by atoms with Crippen molar-refractivity contribution >= 4 is 24.3 Å². The van der Waals surface area contributed by atoms with Gasteiger partial charge >= 0.3 is 55.6 Å². The zero-order valence-corrected chi connectivity index (χ0v) is 6.17. The van der Waals surface area contributed by atoms with Crippen LogP contribution in [0.25, 0.3) is 0 Å². The zero-order valence-electron chi connectivity index (χ0n) is 4.46. The predicted octanol–water partition coefficient (Wildman–Crippen LogP) is 1.40. The van der Waals surface area contributed by atoms with Crippen LogP contribution in [-0.4, -0.2) is 20.2 Å². The molecule has 0 aliphatic rings. The maximum atomic E-state index is 11.3. The Morgan fingerprint density at radius 3 is 1.90 bits per heavy atom. The molecule has 0 atom stereocenters. The number of hydrogen-bond acceptors (Lipinski definition) is 2. The molecule has 0 unspecified atom stereocenters. The van der Waals surface area contributed by atoms with Crippen molar-refractivity contribution in [2.75, 3.05) is 0 Å². The Hall–Kier alpha value is -0.160. The number of rotatable bonds is 1. The molecule has 0 aromatic carbocycles. The van der Waals surface area contributed by atoms with Gasteiger partial charge in [-0.05, 0) is 0 Å². The molecule has 58 valence electrons. The van der Waals surface area contributed by atoms with E-state index in [1.54, 1.807) is 0 Å². The molecule has 0 aromatic heterocycles. The third-order valence-corrected chi connectivity index (χ3v) is 2.36. The molecule has 0 heterocycles. The van der Waals surface area contributed by atoms with Crippen molar-refractivity contribution in [3.63, 3.8) is 0 Å². The van der Waals surface area contributed by atoms with Gasteiger partial charge in [0.1, 0.15) is 0 Å². The number of halogens is 3. The molecule has 3 nitrogen and oxygen atoms in total. The van der Waals surface area contributed by atoms with Crippen molar-refractivity contribution in [3.8, 4) is 0 Å². The Kier molecular flexibility index (Phi) is 2.79. The van der Waals surface area contributed by atoms with E-state index in [-0.39, 0.29) is 0 Å². The van der Waals surface area contributed by atoms with Crippen LogP contribution in [0.4, 0.5) is 13.2 Å². The minimum atomic E-state index is -5.30. The van der Waals surface area contributed by atoms with Gasteiger partial charge in [0.2, 0.25) is 0 Å². The molecule has 0 amide bonds. The standard InChI is InChI=1S/C2H2F3NO2PS/c1-9-6-10(7,8)2(3,4)5/h1H2/q+1. The Bertz CT molecular complexity index is 261. The summed E-state index contributed by atoms with van der Waals surface area (Å²) in [7, 11) is -5.72. The van der Waals surface area contributed by atoms with Crippen molar-refractivity contribution in [1.82, 2.24) is 0 Å². The summed E-state index contributed by atoms with van der Waals surface area (Å²) in [6.45, 7) is 0. The summed E-state index contributed by atoms with van der Waals surface area (Å²) in [6.07, 6.45) is 2.81. The van der Waals surface area contributed by atoms with E-state index >= 15 is 0 Å². The first kappa shape index (κ1) is 9.84. The van der Waals surface area contributed by atoms with E-state index in [1.165, 1.54) is 0 Å². The van der Waals surface area contributed by atoms with Crippen molar-refractivity contribution < 1.29 is 21.6 Å². The fourth-order valence-electron chi connectivity index (χ4n) is 0.122. The molecule has 0 aromatic rings. The predicted molar refractivity (Wildman–Crippen MR) is 31.4 cm³/mol. The topological polar surface area (TPSA) is 46.5 Å². The van der Waals surface area contributed by atoms with Crippen LogP contribution in [0.3, 0.4) is 0 Å². The van der Waals surface area contributed by atoms with Gasteiger partial charge in [0.05, 0.1) is 0 Å². The first-order valence-corrected chi connectivity index (χ1v) is 4.28. The molecule has 0 saturated heterocycles. The van der Waals surface area contributed by atoms with Crippen molar-refractivity contribution in [1.29, 1.82) is 0 Å². The summed E-state index contributed by atoms with van der Waals surface area (Å²) in [4.78, 5) is 0. The average molecular weight is 192 g/mol. The fourth-order valence-corrected chi connectivity index (χ4v) is 1.10. The normalized spacial score (nSPS) is 12.7. The number of sulfonamides is 1. The Morgan fingerprint density at radius 2 is 1.80 bits per heavy atom. The van der Waals surface area contributed by atoms with Gasteiger partial charge in [-0.3, -0.25) is 0 Å². The van der Waals surface area contributed by atoms with Crippen molar-refractivity contribution in [2.45, 2.75) is 5.51 Å². The van der Waals surface area contributed by atoms with Gasteiger partial charge < -0.3 is 0 Å². The minimum absolute atomic E-state index is 0.424. The third-order valence-electron chi connectivity index (χ3n) is 0.458. The number of hydrogen-bond donors (Lipinski definition) is 0. The third kappa shape index (κ3) is 2.22. The van der Waals surface area contributed by atoms with Gasteiger partial charge in [-0.25, -0.2) is 0 Å². The van der Waals surface area contributed by atoms with Gasteiger partial charge in [-0.15, -0.1) is 0 Å². The van der Waals surface area contributed by atoms with Crippen LogP contribution in [0.2, 0.25) is 0 Å². The maximum absolute atomic E-state index is 11.3. The first-order valence-electron chi connectivity index (χ1n) is 1.80. The molecule has 0 rings (SSSR count). The molecule has 0 aliphatic heterocycles. The van der Waals surface area contributed by atoms with Crippen LogP contribution in [0.1, 0.15) is 0 Å². The van der Waals surface area contributed by atoms with E-state index in [4.69, 9.17) is 0 Å². The molecular weight excluding hydrogens is 190 g/mol. The van der Waals surface area contributed by atoms with Gasteiger partial charge in [0, 0.05) is 0 Å². The Morgan fingerprint density at radius 1 is 1.40 bits per heavy atom. The van der Waals surface area contributed by atoms with Crippen LogP contribution in [0, 0.1) is 0 Å². The fraction of sp³-hybridized carbons (Fsp3) is 0.500. The number of alkyl halides is 3. The molecule has 0 radical (unpaired) electrons. The summed E-state index contributed by atoms with van der Waals surface area (Å²) in [5.74, 6) is 0. The van der Waals surface area contributed by atoms with Crippen LogP contribution in [-0.2, 0) is 10.0 Å². The second-order valence-electron chi connectivity index (χ2n) is 1.14. The number of nitrogens with zero attached hydrogens (tertiary/aromatic N) is 1. The van der Waals surface area contributed by atoms with Crippen LogP contribution in [0.5, 0.6) is 0 Å². The molecule has 0 N–H and O–H groups in total.